The van der Waals surface area contributed by atoms with Crippen LogP contribution in [0.3, 0.4) is 0 Å². The molecule has 1 aliphatic rings. The summed E-state index contributed by atoms with van der Waals surface area (Å²) in [6, 6.07) is 0.0771. The molecule has 0 aromatic carbocycles. The molecule has 0 aromatic heterocycles. The van der Waals surface area contributed by atoms with Gasteiger partial charge in [0.2, 0.25) is 11.8 Å². The quantitative estimate of drug-likeness (QED) is 0.715. The number of ether oxygens (including phenoxy) is 1. The van der Waals surface area contributed by atoms with Gasteiger partial charge in [0.05, 0.1) is 0 Å². The second-order valence-electron chi connectivity index (χ2n) is 7.16. The maximum atomic E-state index is 11.9. The molecule has 0 aromatic rings. The summed E-state index contributed by atoms with van der Waals surface area (Å²) in [5.74, 6) is -0.0695. The van der Waals surface area contributed by atoms with Gasteiger partial charge in [-0.15, -0.1) is 0 Å². The second kappa shape index (κ2) is 10.1. The molecule has 0 spiro atoms. The van der Waals surface area contributed by atoms with Crippen LogP contribution in [0.1, 0.15) is 53.4 Å². The Bertz CT molecular complexity index is 489. The highest BCUT2D eigenvalue weighted by atomic mass is 16.6. The minimum Gasteiger partial charge on any atom is -0.444 e. The van der Waals surface area contributed by atoms with Crippen molar-refractivity contribution in [2.24, 2.45) is 0 Å². The molecule has 0 unspecified atom stereocenters. The van der Waals surface area contributed by atoms with Crippen molar-refractivity contribution in [2.45, 2.75) is 65.0 Å². The number of alkyl carbamates (subject to hydrolysis) is 1. The third-order valence-corrected chi connectivity index (χ3v) is 3.69. The van der Waals surface area contributed by atoms with Crippen molar-refractivity contribution >= 4 is 17.9 Å². The van der Waals surface area contributed by atoms with Crippen LogP contribution in [-0.2, 0) is 14.3 Å². The van der Waals surface area contributed by atoms with E-state index in [-0.39, 0.29) is 30.8 Å². The molecule has 142 valence electrons. The number of hydrogen-bond donors (Lipinski definition) is 2. The molecule has 7 nitrogen and oxygen atoms in total. The molecule has 1 heterocycles. The number of nitrogens with zero attached hydrogens (tertiary/aromatic N) is 1. The van der Waals surface area contributed by atoms with Crippen molar-refractivity contribution in [3.05, 3.63) is 12.2 Å². The third kappa shape index (κ3) is 9.12. The van der Waals surface area contributed by atoms with E-state index in [1.807, 2.05) is 13.0 Å². The first-order valence-corrected chi connectivity index (χ1v) is 8.93. The largest absolute Gasteiger partial charge is 0.444 e. The lowest BCUT2D eigenvalue weighted by Crippen LogP contribution is -2.46. The molecule has 0 saturated carbocycles. The van der Waals surface area contributed by atoms with Crippen molar-refractivity contribution in [3.8, 4) is 0 Å². The average molecular weight is 353 g/mol. The van der Waals surface area contributed by atoms with Gasteiger partial charge in [0, 0.05) is 32.1 Å². The Morgan fingerprint density at radius 2 is 1.84 bits per heavy atom. The van der Waals surface area contributed by atoms with Gasteiger partial charge in [0.15, 0.2) is 0 Å². The highest BCUT2D eigenvalue weighted by Crippen LogP contribution is 2.11. The number of carbonyl (C=O) groups is 3. The number of piperidine rings is 1. The summed E-state index contributed by atoms with van der Waals surface area (Å²) in [6.07, 6.45) is 5.49. The van der Waals surface area contributed by atoms with Gasteiger partial charge in [-0.1, -0.05) is 13.0 Å². The van der Waals surface area contributed by atoms with Crippen LogP contribution in [0.4, 0.5) is 4.79 Å². The molecule has 7 heteroatoms. The zero-order chi connectivity index (χ0) is 18.9. The van der Waals surface area contributed by atoms with E-state index in [0.717, 1.165) is 19.3 Å². The number of hydrogen-bond acceptors (Lipinski definition) is 4. The summed E-state index contributed by atoms with van der Waals surface area (Å²) in [6.45, 7) is 8.88. The minimum atomic E-state index is -0.552. The normalized spacial score (nSPS) is 15.9. The van der Waals surface area contributed by atoms with Gasteiger partial charge in [-0.2, -0.15) is 0 Å². The van der Waals surface area contributed by atoms with Crippen LogP contribution < -0.4 is 10.6 Å². The maximum Gasteiger partial charge on any atom is 0.407 e. The van der Waals surface area contributed by atoms with Crippen LogP contribution in [0, 0.1) is 0 Å². The van der Waals surface area contributed by atoms with Gasteiger partial charge in [-0.3, -0.25) is 9.59 Å². The van der Waals surface area contributed by atoms with Crippen molar-refractivity contribution in [1.82, 2.24) is 15.5 Å². The highest BCUT2D eigenvalue weighted by molar-refractivity contribution is 5.87. The van der Waals surface area contributed by atoms with E-state index in [1.54, 1.807) is 31.7 Å². The molecule has 1 saturated heterocycles. The fraction of sp³-hybridized carbons (Fsp3) is 0.722. The Morgan fingerprint density at radius 1 is 1.20 bits per heavy atom. The van der Waals surface area contributed by atoms with Gasteiger partial charge < -0.3 is 20.3 Å². The van der Waals surface area contributed by atoms with Gasteiger partial charge in [-0.25, -0.2) is 4.79 Å². The first kappa shape index (κ1) is 21.0. The topological polar surface area (TPSA) is 87.7 Å². The standard InChI is InChI=1S/C18H31N3O4/c1-5-6-7-16(23)21-12-9-14(10-13-21)20-15(22)8-11-19-17(24)25-18(2,3)4/h6-7,14H,5,8-13H2,1-4H3,(H,19,24)(H,20,22)/b7-6+. The lowest BCUT2D eigenvalue weighted by Gasteiger charge is -2.31. The Labute approximate surface area is 150 Å². The first-order valence-electron chi connectivity index (χ1n) is 8.93. The predicted molar refractivity (Wildman–Crippen MR) is 96.0 cm³/mol. The van der Waals surface area contributed by atoms with E-state index in [1.165, 1.54) is 0 Å². The number of nitrogens with one attached hydrogen (secondary N) is 2. The Morgan fingerprint density at radius 3 is 2.40 bits per heavy atom. The number of allylic oxidation sites excluding steroid dienone is 1. The second-order valence-corrected chi connectivity index (χ2v) is 7.16. The molecule has 2 N–H and O–H groups in total. The summed E-state index contributed by atoms with van der Waals surface area (Å²) in [4.78, 5) is 37.1. The lowest BCUT2D eigenvalue weighted by atomic mass is 10.0. The van der Waals surface area contributed by atoms with Gasteiger partial charge in [0.1, 0.15) is 5.60 Å². The molecule has 1 fully saturated rings. The van der Waals surface area contributed by atoms with E-state index < -0.39 is 11.7 Å². The molecule has 25 heavy (non-hydrogen) atoms. The lowest BCUT2D eigenvalue weighted by molar-refractivity contribution is -0.127. The molecule has 0 aliphatic carbocycles. The van der Waals surface area contributed by atoms with E-state index >= 15 is 0 Å². The summed E-state index contributed by atoms with van der Waals surface area (Å²) in [5, 5.41) is 5.52. The van der Waals surface area contributed by atoms with Crippen LogP contribution in [0.25, 0.3) is 0 Å². The smallest absolute Gasteiger partial charge is 0.407 e. The number of likely N-dealkylation sites (tertiary alicyclic amines) is 1. The zero-order valence-corrected chi connectivity index (χ0v) is 15.8. The summed E-state index contributed by atoms with van der Waals surface area (Å²) < 4.78 is 5.11. The van der Waals surface area contributed by atoms with Gasteiger partial charge in [0.25, 0.3) is 0 Å². The first-order chi connectivity index (χ1) is 11.7. The van der Waals surface area contributed by atoms with Crippen molar-refractivity contribution < 1.29 is 19.1 Å². The Kier molecular flexibility index (Phi) is 8.45. The number of amides is 3. The van der Waals surface area contributed by atoms with E-state index in [9.17, 15) is 14.4 Å². The summed E-state index contributed by atoms with van der Waals surface area (Å²) >= 11 is 0. The maximum absolute atomic E-state index is 11.9. The van der Waals surface area contributed by atoms with Crippen molar-refractivity contribution in [1.29, 1.82) is 0 Å². The van der Waals surface area contributed by atoms with E-state index in [2.05, 4.69) is 10.6 Å². The number of carbonyl (C=O) groups excluding carboxylic acids is 3. The van der Waals surface area contributed by atoms with Gasteiger partial charge >= 0.3 is 6.09 Å². The number of rotatable bonds is 6. The summed E-state index contributed by atoms with van der Waals surface area (Å²) in [7, 11) is 0. The molecular weight excluding hydrogens is 322 g/mol. The predicted octanol–water partition coefficient (Wildman–Crippen LogP) is 1.97. The van der Waals surface area contributed by atoms with Crippen LogP contribution in [0.2, 0.25) is 0 Å². The molecular formula is C18H31N3O4. The Hall–Kier alpha value is -2.05. The van der Waals surface area contributed by atoms with Crippen molar-refractivity contribution in [2.75, 3.05) is 19.6 Å². The van der Waals surface area contributed by atoms with Crippen LogP contribution in [0.15, 0.2) is 12.2 Å². The molecule has 0 radical (unpaired) electrons. The monoisotopic (exact) mass is 353 g/mol. The molecule has 3 amide bonds. The summed E-state index contributed by atoms with van der Waals surface area (Å²) in [5.41, 5.74) is -0.552. The molecule has 0 atom stereocenters. The third-order valence-electron chi connectivity index (χ3n) is 3.69. The average Bonchev–Trinajstić information content (AvgIpc) is 2.51. The SMILES string of the molecule is CC/C=C/C(=O)N1CCC(NC(=O)CCNC(=O)OC(C)(C)C)CC1. The molecule has 1 aliphatic heterocycles. The molecule has 1 rings (SSSR count). The van der Waals surface area contributed by atoms with Crippen LogP contribution in [0.5, 0.6) is 0 Å². The fourth-order valence-electron chi connectivity index (χ4n) is 2.46. The van der Waals surface area contributed by atoms with Crippen molar-refractivity contribution in [3.63, 3.8) is 0 Å². The zero-order valence-electron chi connectivity index (χ0n) is 15.8. The van der Waals surface area contributed by atoms with Gasteiger partial charge in [-0.05, 0) is 46.1 Å². The fourth-order valence-corrected chi connectivity index (χ4v) is 2.46. The van der Waals surface area contributed by atoms with Crippen LogP contribution in [-0.4, -0.2) is 54.1 Å². The highest BCUT2D eigenvalue weighted by Gasteiger charge is 2.22. The van der Waals surface area contributed by atoms with Crippen LogP contribution >= 0.6 is 0 Å². The minimum absolute atomic E-state index is 0.0354. The Balaban J connectivity index is 2.21. The van der Waals surface area contributed by atoms with E-state index in [0.29, 0.717) is 13.1 Å². The molecule has 0 bridgehead atoms. The van der Waals surface area contributed by atoms with E-state index in [4.69, 9.17) is 4.74 Å².